The summed E-state index contributed by atoms with van der Waals surface area (Å²) in [4.78, 5) is 34.4. The summed E-state index contributed by atoms with van der Waals surface area (Å²) < 4.78 is 18.5. The van der Waals surface area contributed by atoms with Crippen molar-refractivity contribution in [1.29, 1.82) is 0 Å². The lowest BCUT2D eigenvalue weighted by Crippen LogP contribution is -2.57. The van der Waals surface area contributed by atoms with Crippen LogP contribution in [0, 0.1) is 11.7 Å². The third-order valence-corrected chi connectivity index (χ3v) is 5.55. The molecular weight excluding hydrogens is 399 g/mol. The number of para-hydroxylation sites is 1. The largest absolute Gasteiger partial charge is 0.465 e. The van der Waals surface area contributed by atoms with Crippen molar-refractivity contribution in [2.45, 2.75) is 13.0 Å². The maximum absolute atomic E-state index is 13.4. The van der Waals surface area contributed by atoms with E-state index < -0.39 is 29.7 Å². The van der Waals surface area contributed by atoms with Crippen LogP contribution >= 0.6 is 0 Å². The Labute approximate surface area is 180 Å². The fourth-order valence-corrected chi connectivity index (χ4v) is 3.94. The number of carbonyl (C=O) groups excluding carboxylic acids is 2. The minimum absolute atomic E-state index is 0.163. The number of rotatable bonds is 4. The van der Waals surface area contributed by atoms with Gasteiger partial charge in [-0.2, -0.15) is 0 Å². The number of piperazine rings is 1. The van der Waals surface area contributed by atoms with Crippen LogP contribution < -0.4 is 10.2 Å². The molecule has 2 atom stereocenters. The first-order valence-electron chi connectivity index (χ1n) is 10.4. The Hall–Kier alpha value is -3.42. The number of halogens is 1. The lowest BCUT2D eigenvalue weighted by atomic mass is 9.91. The van der Waals surface area contributed by atoms with Crippen molar-refractivity contribution in [3.63, 3.8) is 0 Å². The molecule has 1 N–H and O–H groups in total. The van der Waals surface area contributed by atoms with Crippen molar-refractivity contribution < 1.29 is 18.7 Å². The molecule has 1 saturated heterocycles. The summed E-state index contributed by atoms with van der Waals surface area (Å²) in [5.41, 5.74) is 1.75. The normalized spacial score (nSPS) is 21.4. The van der Waals surface area contributed by atoms with E-state index in [1.165, 1.54) is 12.1 Å². The molecule has 7 nitrogen and oxygen atoms in total. The van der Waals surface area contributed by atoms with Crippen molar-refractivity contribution >= 4 is 23.5 Å². The van der Waals surface area contributed by atoms with Gasteiger partial charge < -0.3 is 14.5 Å². The molecule has 2 aromatic rings. The Morgan fingerprint density at radius 2 is 1.71 bits per heavy atom. The minimum Gasteiger partial charge on any atom is -0.465 e. The average Bonchev–Trinajstić information content (AvgIpc) is 2.80. The molecule has 2 heterocycles. The third-order valence-electron chi connectivity index (χ3n) is 5.55. The number of hydrogen-bond acceptors (Lipinski definition) is 6. The molecule has 0 aliphatic carbocycles. The second-order valence-corrected chi connectivity index (χ2v) is 7.48. The molecule has 0 spiro atoms. The summed E-state index contributed by atoms with van der Waals surface area (Å²) in [6.07, 6.45) is 0. The second kappa shape index (κ2) is 9.16. The van der Waals surface area contributed by atoms with Gasteiger partial charge in [-0.25, -0.2) is 9.38 Å². The van der Waals surface area contributed by atoms with Crippen molar-refractivity contribution in [1.82, 2.24) is 10.2 Å². The first kappa shape index (κ1) is 20.8. The summed E-state index contributed by atoms with van der Waals surface area (Å²) in [6, 6.07) is 15.1. The summed E-state index contributed by atoms with van der Waals surface area (Å²) in [6.45, 7) is 4.76. The van der Waals surface area contributed by atoms with E-state index in [1.807, 2.05) is 23.1 Å². The number of amides is 1. The van der Waals surface area contributed by atoms with E-state index in [4.69, 9.17) is 9.73 Å². The van der Waals surface area contributed by atoms with E-state index in [1.54, 1.807) is 19.1 Å². The summed E-state index contributed by atoms with van der Waals surface area (Å²) in [7, 11) is 0. The number of esters is 1. The van der Waals surface area contributed by atoms with Gasteiger partial charge in [0, 0.05) is 31.9 Å². The average molecular weight is 424 g/mol. The Balaban J connectivity index is 1.56. The number of carbonyl (C=O) groups is 2. The minimum atomic E-state index is -1.11. The lowest BCUT2D eigenvalue weighted by Gasteiger charge is -2.39. The maximum Gasteiger partial charge on any atom is 0.321 e. The molecular formula is C23H25FN4O3. The van der Waals surface area contributed by atoms with Gasteiger partial charge in [0.25, 0.3) is 0 Å². The molecule has 2 aliphatic rings. The SMILES string of the molecule is CCOC(=O)[C@H]1C(=O)NC(N2CCN(c3ccccc3)CC2)=N[C@H]1c1ccc(F)cc1. The monoisotopic (exact) mass is 424 g/mol. The smallest absolute Gasteiger partial charge is 0.321 e. The van der Waals surface area contributed by atoms with Gasteiger partial charge in [0.1, 0.15) is 11.9 Å². The van der Waals surface area contributed by atoms with Crippen LogP contribution in [0.15, 0.2) is 59.6 Å². The Morgan fingerprint density at radius 3 is 2.35 bits per heavy atom. The topological polar surface area (TPSA) is 74.2 Å². The predicted molar refractivity (Wildman–Crippen MR) is 115 cm³/mol. The zero-order chi connectivity index (χ0) is 21.8. The third kappa shape index (κ3) is 4.52. The first-order valence-corrected chi connectivity index (χ1v) is 10.4. The van der Waals surface area contributed by atoms with E-state index in [-0.39, 0.29) is 6.61 Å². The quantitative estimate of drug-likeness (QED) is 0.603. The van der Waals surface area contributed by atoms with Crippen LogP contribution in [-0.2, 0) is 14.3 Å². The van der Waals surface area contributed by atoms with Crippen molar-refractivity contribution in [3.05, 3.63) is 66.0 Å². The van der Waals surface area contributed by atoms with Gasteiger partial charge in [-0.1, -0.05) is 30.3 Å². The standard InChI is InChI=1S/C23H25FN4O3/c1-2-31-22(30)19-20(16-8-10-17(24)11-9-16)25-23(26-21(19)29)28-14-12-27(13-15-28)18-6-4-3-5-7-18/h3-11,19-20H,2,12-15H2,1H3,(H,25,26,29)/t19-,20+/m1/s1. The highest BCUT2D eigenvalue weighted by atomic mass is 19.1. The highest BCUT2D eigenvalue weighted by molar-refractivity contribution is 6.08. The molecule has 2 aliphatic heterocycles. The van der Waals surface area contributed by atoms with Gasteiger partial charge in [0.2, 0.25) is 11.9 Å². The van der Waals surface area contributed by atoms with Crippen LogP contribution in [0.5, 0.6) is 0 Å². The second-order valence-electron chi connectivity index (χ2n) is 7.48. The molecule has 31 heavy (non-hydrogen) atoms. The number of benzene rings is 2. The number of nitrogens with zero attached hydrogens (tertiary/aromatic N) is 3. The number of ether oxygens (including phenoxy) is 1. The van der Waals surface area contributed by atoms with Crippen molar-refractivity contribution in [2.75, 3.05) is 37.7 Å². The van der Waals surface area contributed by atoms with Crippen LogP contribution in [0.3, 0.4) is 0 Å². The van der Waals surface area contributed by atoms with Gasteiger partial charge in [-0.05, 0) is 36.8 Å². The zero-order valence-electron chi connectivity index (χ0n) is 17.3. The first-order chi connectivity index (χ1) is 15.1. The molecule has 162 valence electrons. The highest BCUT2D eigenvalue weighted by Gasteiger charge is 2.42. The van der Waals surface area contributed by atoms with E-state index in [9.17, 15) is 14.0 Å². The van der Waals surface area contributed by atoms with Gasteiger partial charge >= 0.3 is 5.97 Å². The Bertz CT molecular complexity index is 957. The van der Waals surface area contributed by atoms with E-state index in [0.717, 1.165) is 18.8 Å². The number of guanidine groups is 1. The van der Waals surface area contributed by atoms with Gasteiger partial charge in [0.05, 0.1) is 6.61 Å². The molecule has 0 unspecified atom stereocenters. The predicted octanol–water partition coefficient (Wildman–Crippen LogP) is 2.35. The van der Waals surface area contributed by atoms with Crippen molar-refractivity contribution in [2.24, 2.45) is 10.9 Å². The van der Waals surface area contributed by atoms with Crippen LogP contribution in [0.1, 0.15) is 18.5 Å². The molecule has 1 fully saturated rings. The van der Waals surface area contributed by atoms with E-state index in [0.29, 0.717) is 24.6 Å². The van der Waals surface area contributed by atoms with Crippen molar-refractivity contribution in [3.8, 4) is 0 Å². The summed E-state index contributed by atoms with van der Waals surface area (Å²) in [5, 5.41) is 2.78. The van der Waals surface area contributed by atoms with E-state index in [2.05, 4.69) is 22.3 Å². The molecule has 0 aromatic heterocycles. The zero-order valence-corrected chi connectivity index (χ0v) is 17.3. The number of hydrogen-bond donors (Lipinski definition) is 1. The van der Waals surface area contributed by atoms with Gasteiger partial charge in [0.15, 0.2) is 5.92 Å². The lowest BCUT2D eigenvalue weighted by molar-refractivity contribution is -0.153. The van der Waals surface area contributed by atoms with Gasteiger partial charge in [-0.3, -0.25) is 14.9 Å². The van der Waals surface area contributed by atoms with Crippen LogP contribution in [0.2, 0.25) is 0 Å². The molecule has 4 rings (SSSR count). The number of anilines is 1. The highest BCUT2D eigenvalue weighted by Crippen LogP contribution is 2.31. The molecule has 2 aromatic carbocycles. The molecule has 8 heteroatoms. The Morgan fingerprint density at radius 1 is 1.06 bits per heavy atom. The molecule has 0 bridgehead atoms. The maximum atomic E-state index is 13.4. The van der Waals surface area contributed by atoms with Crippen LogP contribution in [0.25, 0.3) is 0 Å². The number of aliphatic imine (C=N–C) groups is 1. The molecule has 1 amide bonds. The molecule has 0 radical (unpaired) electrons. The van der Waals surface area contributed by atoms with Crippen LogP contribution in [0.4, 0.5) is 10.1 Å². The van der Waals surface area contributed by atoms with E-state index >= 15 is 0 Å². The fraction of sp³-hybridized carbons (Fsp3) is 0.348. The fourth-order valence-electron chi connectivity index (χ4n) is 3.94. The van der Waals surface area contributed by atoms with Gasteiger partial charge in [-0.15, -0.1) is 0 Å². The Kier molecular flexibility index (Phi) is 6.16. The summed E-state index contributed by atoms with van der Waals surface area (Å²) in [5.74, 6) is -2.15. The molecule has 0 saturated carbocycles. The summed E-state index contributed by atoms with van der Waals surface area (Å²) >= 11 is 0. The number of nitrogens with one attached hydrogen (secondary N) is 1. The van der Waals surface area contributed by atoms with Crippen LogP contribution in [-0.4, -0.2) is 55.5 Å².